The van der Waals surface area contributed by atoms with Crippen molar-refractivity contribution in [3.05, 3.63) is 88.2 Å². The van der Waals surface area contributed by atoms with Gasteiger partial charge in [-0.05, 0) is 24.2 Å². The molecular formula is C20H19NOS2. The van der Waals surface area contributed by atoms with Gasteiger partial charge in [0.15, 0.2) is 3.95 Å². The summed E-state index contributed by atoms with van der Waals surface area (Å²) in [5.41, 5.74) is 3.35. The molecule has 122 valence electrons. The number of rotatable bonds is 7. The average molecular weight is 354 g/mol. The number of allylic oxidation sites excluding steroid dienone is 1. The van der Waals surface area contributed by atoms with Crippen molar-refractivity contribution < 1.29 is 4.84 Å². The van der Waals surface area contributed by atoms with E-state index in [4.69, 9.17) is 17.1 Å². The summed E-state index contributed by atoms with van der Waals surface area (Å²) in [6.07, 6.45) is 2.80. The van der Waals surface area contributed by atoms with Crippen LogP contribution in [0, 0.1) is 3.95 Å². The Labute approximate surface area is 151 Å². The lowest BCUT2D eigenvalue weighted by molar-refractivity contribution is 0.100. The molecule has 2 aromatic carbocycles. The van der Waals surface area contributed by atoms with Gasteiger partial charge in [0.1, 0.15) is 6.61 Å². The van der Waals surface area contributed by atoms with Crippen LogP contribution in [0.1, 0.15) is 17.9 Å². The molecule has 1 unspecified atom stereocenters. The third kappa shape index (κ3) is 3.83. The number of nitrogens with zero attached hydrogens (tertiary/aromatic N) is 1. The number of hydrogen-bond acceptors (Lipinski definition) is 3. The fraction of sp³-hybridized carbons (Fsp3) is 0.150. The van der Waals surface area contributed by atoms with Crippen LogP contribution in [0.2, 0.25) is 0 Å². The summed E-state index contributed by atoms with van der Waals surface area (Å²) in [4.78, 5) is 6.11. The number of hydrogen-bond donors (Lipinski definition) is 0. The Morgan fingerprint density at radius 1 is 1.08 bits per heavy atom. The van der Waals surface area contributed by atoms with Crippen LogP contribution >= 0.6 is 23.6 Å². The SMILES string of the molecule is C=CCC(COn1c(-c2ccccc2)csc1=S)c1ccccc1. The third-order valence-electron chi connectivity index (χ3n) is 3.85. The zero-order valence-corrected chi connectivity index (χ0v) is 14.9. The molecule has 0 spiro atoms. The van der Waals surface area contributed by atoms with Gasteiger partial charge in [0, 0.05) is 16.9 Å². The summed E-state index contributed by atoms with van der Waals surface area (Å²) in [5, 5.41) is 2.04. The highest BCUT2D eigenvalue weighted by Crippen LogP contribution is 2.24. The first-order chi connectivity index (χ1) is 11.8. The third-order valence-corrected chi connectivity index (χ3v) is 5.02. The second-order valence-electron chi connectivity index (χ2n) is 5.48. The Hall–Kier alpha value is -2.17. The van der Waals surface area contributed by atoms with Crippen molar-refractivity contribution in [3.8, 4) is 11.3 Å². The minimum absolute atomic E-state index is 0.258. The van der Waals surface area contributed by atoms with E-state index >= 15 is 0 Å². The Bertz CT molecular complexity index is 837. The summed E-state index contributed by atoms with van der Waals surface area (Å²) in [5.74, 6) is 0.258. The lowest BCUT2D eigenvalue weighted by atomic mass is 9.97. The van der Waals surface area contributed by atoms with Gasteiger partial charge in [-0.15, -0.1) is 17.9 Å². The Morgan fingerprint density at radius 2 is 1.75 bits per heavy atom. The van der Waals surface area contributed by atoms with Crippen LogP contribution < -0.4 is 4.84 Å². The van der Waals surface area contributed by atoms with Gasteiger partial charge in [0.25, 0.3) is 0 Å². The van der Waals surface area contributed by atoms with Crippen molar-refractivity contribution >= 4 is 23.6 Å². The first-order valence-electron chi connectivity index (χ1n) is 7.84. The minimum Gasteiger partial charge on any atom is -0.411 e. The molecular weight excluding hydrogens is 334 g/mol. The molecule has 0 radical (unpaired) electrons. The summed E-state index contributed by atoms with van der Waals surface area (Å²) < 4.78 is 2.49. The minimum atomic E-state index is 0.258. The molecule has 0 aliphatic rings. The van der Waals surface area contributed by atoms with Crippen LogP contribution in [-0.2, 0) is 0 Å². The fourth-order valence-corrected chi connectivity index (χ4v) is 3.59. The second kappa shape index (κ2) is 8.08. The zero-order valence-electron chi connectivity index (χ0n) is 13.3. The van der Waals surface area contributed by atoms with Crippen LogP contribution in [0.25, 0.3) is 11.3 Å². The van der Waals surface area contributed by atoms with Gasteiger partial charge >= 0.3 is 0 Å². The molecule has 0 aliphatic carbocycles. The Balaban J connectivity index is 1.82. The summed E-state index contributed by atoms with van der Waals surface area (Å²) >= 11 is 6.96. The quantitative estimate of drug-likeness (QED) is 0.397. The molecule has 0 aliphatic heterocycles. The molecule has 0 bridgehead atoms. The maximum absolute atomic E-state index is 6.11. The van der Waals surface area contributed by atoms with Crippen molar-refractivity contribution in [2.45, 2.75) is 12.3 Å². The molecule has 0 amide bonds. The van der Waals surface area contributed by atoms with E-state index in [-0.39, 0.29) is 5.92 Å². The lowest BCUT2D eigenvalue weighted by Crippen LogP contribution is -2.19. The highest BCUT2D eigenvalue weighted by atomic mass is 32.1. The molecule has 1 aromatic heterocycles. The number of benzene rings is 2. The molecule has 0 N–H and O–H groups in total. The van der Waals surface area contributed by atoms with E-state index < -0.39 is 0 Å². The van der Waals surface area contributed by atoms with E-state index in [9.17, 15) is 0 Å². The first-order valence-corrected chi connectivity index (χ1v) is 9.13. The smallest absolute Gasteiger partial charge is 0.197 e. The Kier molecular flexibility index (Phi) is 5.62. The van der Waals surface area contributed by atoms with E-state index in [2.05, 4.69) is 43.0 Å². The predicted molar refractivity (Wildman–Crippen MR) is 104 cm³/mol. The van der Waals surface area contributed by atoms with Gasteiger partial charge in [-0.2, -0.15) is 4.73 Å². The molecule has 0 saturated heterocycles. The molecule has 24 heavy (non-hydrogen) atoms. The van der Waals surface area contributed by atoms with Crippen LogP contribution in [0.15, 0.2) is 78.7 Å². The molecule has 3 rings (SSSR count). The largest absolute Gasteiger partial charge is 0.411 e. The highest BCUT2D eigenvalue weighted by molar-refractivity contribution is 7.73. The van der Waals surface area contributed by atoms with Gasteiger partial charge < -0.3 is 4.84 Å². The molecule has 0 saturated carbocycles. The summed E-state index contributed by atoms with van der Waals surface area (Å²) in [6.45, 7) is 4.43. The first kappa shape index (κ1) is 16.7. The van der Waals surface area contributed by atoms with Crippen LogP contribution in [-0.4, -0.2) is 11.3 Å². The fourth-order valence-electron chi connectivity index (χ4n) is 2.61. The van der Waals surface area contributed by atoms with Gasteiger partial charge in [0.2, 0.25) is 0 Å². The van der Waals surface area contributed by atoms with E-state index in [0.717, 1.165) is 21.6 Å². The predicted octanol–water partition coefficient (Wildman–Crippen LogP) is 5.73. The van der Waals surface area contributed by atoms with Crippen LogP contribution in [0.3, 0.4) is 0 Å². The van der Waals surface area contributed by atoms with Crippen molar-refractivity contribution in [2.75, 3.05) is 6.61 Å². The molecule has 3 aromatic rings. The zero-order chi connectivity index (χ0) is 16.8. The normalized spacial score (nSPS) is 11.8. The maximum atomic E-state index is 6.11. The summed E-state index contributed by atoms with van der Waals surface area (Å²) in [7, 11) is 0. The van der Waals surface area contributed by atoms with E-state index in [1.54, 1.807) is 4.73 Å². The number of thiazole rings is 1. The second-order valence-corrected chi connectivity index (χ2v) is 6.98. The lowest BCUT2D eigenvalue weighted by Gasteiger charge is -2.18. The van der Waals surface area contributed by atoms with Crippen molar-refractivity contribution in [1.82, 2.24) is 4.73 Å². The molecule has 0 fully saturated rings. The summed E-state index contributed by atoms with van der Waals surface area (Å²) in [6, 6.07) is 20.6. The van der Waals surface area contributed by atoms with E-state index in [1.165, 1.54) is 16.9 Å². The monoisotopic (exact) mass is 353 g/mol. The molecule has 4 heteroatoms. The topological polar surface area (TPSA) is 14.2 Å². The van der Waals surface area contributed by atoms with Crippen molar-refractivity contribution in [3.63, 3.8) is 0 Å². The highest BCUT2D eigenvalue weighted by Gasteiger charge is 2.13. The van der Waals surface area contributed by atoms with Gasteiger partial charge in [0.05, 0.1) is 5.69 Å². The van der Waals surface area contributed by atoms with Gasteiger partial charge in [-0.3, -0.25) is 0 Å². The van der Waals surface area contributed by atoms with Crippen molar-refractivity contribution in [1.29, 1.82) is 0 Å². The van der Waals surface area contributed by atoms with Gasteiger partial charge in [-0.25, -0.2) is 0 Å². The molecule has 1 heterocycles. The van der Waals surface area contributed by atoms with Crippen LogP contribution in [0.5, 0.6) is 0 Å². The standard InChI is InChI=1S/C20H19NOS2/c1-2-9-18(16-10-5-3-6-11-16)14-22-21-19(15-24-20(21)23)17-12-7-4-8-13-17/h2-8,10-13,15,18H,1,9,14H2. The maximum Gasteiger partial charge on any atom is 0.197 e. The average Bonchev–Trinajstić information content (AvgIpc) is 3.01. The van der Waals surface area contributed by atoms with Gasteiger partial charge in [-0.1, -0.05) is 66.7 Å². The van der Waals surface area contributed by atoms with Crippen molar-refractivity contribution in [2.24, 2.45) is 0 Å². The number of aromatic nitrogens is 1. The van der Waals surface area contributed by atoms with E-state index in [1.807, 2.05) is 35.7 Å². The molecule has 2 nitrogen and oxygen atoms in total. The van der Waals surface area contributed by atoms with E-state index in [0.29, 0.717) is 6.61 Å². The Morgan fingerprint density at radius 3 is 2.42 bits per heavy atom. The molecule has 1 atom stereocenters. The van der Waals surface area contributed by atoms with Crippen LogP contribution in [0.4, 0.5) is 0 Å².